The summed E-state index contributed by atoms with van der Waals surface area (Å²) >= 11 is 0. The van der Waals surface area contributed by atoms with Gasteiger partial charge >= 0.3 is 33.6 Å². The SMILES string of the molecule is CC/C=C\C/C=C\C/C=C\C/C=C\C/C=C\C/C=C\CCCCCCCCCCC(=O)OCC(O)COP(=O)(O)OCC(O)COP(=O)(O)OCC(COC(=O)CCCCCCCC/C=C\C/C=C\C/C=C\C/C=C\CC)OC(=O)CCCCCCCCCCCCC. The number of aliphatic hydroxyl groups is 2. The molecule has 0 rings (SSSR count). The molecular formula is C75H128O16P2. The Morgan fingerprint density at radius 2 is 0.570 bits per heavy atom. The summed E-state index contributed by atoms with van der Waals surface area (Å²) in [6.07, 6.45) is 78.3. The van der Waals surface area contributed by atoms with Crippen molar-refractivity contribution in [1.29, 1.82) is 0 Å². The average molecular weight is 1350 g/mol. The largest absolute Gasteiger partial charge is 0.472 e. The van der Waals surface area contributed by atoms with Crippen LogP contribution in [-0.4, -0.2) is 95.9 Å². The first-order chi connectivity index (χ1) is 45.2. The van der Waals surface area contributed by atoms with Gasteiger partial charge in [-0.3, -0.25) is 32.5 Å². The number of rotatable bonds is 67. The fraction of sp³-hybridized carbons (Fsp3) is 0.693. The normalized spacial score (nSPS) is 14.9. The minimum atomic E-state index is -4.93. The van der Waals surface area contributed by atoms with Gasteiger partial charge in [0.1, 0.15) is 25.4 Å². The zero-order valence-electron chi connectivity index (χ0n) is 57.9. The Morgan fingerprint density at radius 1 is 0.312 bits per heavy atom. The predicted molar refractivity (Wildman–Crippen MR) is 380 cm³/mol. The Hall–Kier alpha value is -4.05. The van der Waals surface area contributed by atoms with Gasteiger partial charge in [0.2, 0.25) is 0 Å². The van der Waals surface area contributed by atoms with E-state index in [4.69, 9.17) is 32.3 Å². The summed E-state index contributed by atoms with van der Waals surface area (Å²) in [5, 5.41) is 20.6. The van der Waals surface area contributed by atoms with Gasteiger partial charge < -0.3 is 34.2 Å². The molecule has 16 nitrogen and oxygen atoms in total. The van der Waals surface area contributed by atoms with Crippen LogP contribution in [0.25, 0.3) is 0 Å². The van der Waals surface area contributed by atoms with Gasteiger partial charge in [0.25, 0.3) is 0 Å². The van der Waals surface area contributed by atoms with E-state index < -0.39 is 91.5 Å². The summed E-state index contributed by atoms with van der Waals surface area (Å²) in [7, 11) is -9.78. The second kappa shape index (κ2) is 67.9. The molecule has 4 N–H and O–H groups in total. The smallest absolute Gasteiger partial charge is 0.463 e. The van der Waals surface area contributed by atoms with Crippen molar-refractivity contribution in [2.24, 2.45) is 0 Å². The molecule has 0 aromatic carbocycles. The zero-order chi connectivity index (χ0) is 68.1. The first-order valence-electron chi connectivity index (χ1n) is 35.8. The number of phosphoric ester groups is 2. The quantitative estimate of drug-likeness (QED) is 0.0146. The lowest BCUT2D eigenvalue weighted by Gasteiger charge is -2.21. The van der Waals surface area contributed by atoms with Crippen molar-refractivity contribution in [2.45, 2.75) is 296 Å². The van der Waals surface area contributed by atoms with Gasteiger partial charge in [-0.1, -0.05) is 271 Å². The van der Waals surface area contributed by atoms with Crippen LogP contribution in [0.5, 0.6) is 0 Å². The van der Waals surface area contributed by atoms with E-state index >= 15 is 0 Å². The minimum Gasteiger partial charge on any atom is -0.463 e. The fourth-order valence-electron chi connectivity index (χ4n) is 9.27. The van der Waals surface area contributed by atoms with Crippen molar-refractivity contribution in [3.8, 4) is 0 Å². The number of ether oxygens (including phenoxy) is 3. The maximum absolute atomic E-state index is 12.9. The van der Waals surface area contributed by atoms with Crippen molar-refractivity contribution < 1.29 is 75.8 Å². The van der Waals surface area contributed by atoms with Gasteiger partial charge in [-0.15, -0.1) is 0 Å². The summed E-state index contributed by atoms with van der Waals surface area (Å²) in [5.41, 5.74) is 0. The molecule has 0 bridgehead atoms. The molecule has 0 heterocycles. The van der Waals surface area contributed by atoms with E-state index in [-0.39, 0.29) is 19.3 Å². The molecule has 93 heavy (non-hydrogen) atoms. The molecular weight excluding hydrogens is 1220 g/mol. The molecule has 0 radical (unpaired) electrons. The lowest BCUT2D eigenvalue weighted by atomic mass is 10.1. The van der Waals surface area contributed by atoms with Gasteiger partial charge in [-0.2, -0.15) is 0 Å². The highest BCUT2D eigenvalue weighted by molar-refractivity contribution is 7.47. The van der Waals surface area contributed by atoms with Crippen LogP contribution in [-0.2, 0) is 55.8 Å². The highest BCUT2D eigenvalue weighted by Crippen LogP contribution is 2.45. The molecule has 0 aromatic heterocycles. The Labute approximate surface area is 563 Å². The maximum atomic E-state index is 12.9. The van der Waals surface area contributed by atoms with Gasteiger partial charge in [0.05, 0.1) is 26.4 Å². The number of hydrogen-bond acceptors (Lipinski definition) is 14. The Bertz CT molecular complexity index is 2180. The van der Waals surface area contributed by atoms with E-state index in [9.17, 15) is 43.5 Å². The number of hydrogen-bond donors (Lipinski definition) is 4. The van der Waals surface area contributed by atoms with Gasteiger partial charge in [-0.05, 0) is 109 Å². The number of carbonyl (C=O) groups excluding carboxylic acids is 3. The molecule has 18 heteroatoms. The van der Waals surface area contributed by atoms with Gasteiger partial charge in [0, 0.05) is 19.3 Å². The zero-order valence-corrected chi connectivity index (χ0v) is 59.7. The van der Waals surface area contributed by atoms with Crippen LogP contribution in [0, 0.1) is 0 Å². The lowest BCUT2D eigenvalue weighted by molar-refractivity contribution is -0.161. The van der Waals surface area contributed by atoms with E-state index in [2.05, 4.69) is 142 Å². The monoisotopic (exact) mass is 1350 g/mol. The van der Waals surface area contributed by atoms with E-state index in [1.165, 1.54) is 57.8 Å². The van der Waals surface area contributed by atoms with Crippen molar-refractivity contribution in [2.75, 3.05) is 39.6 Å². The highest BCUT2D eigenvalue weighted by atomic mass is 31.2. The molecule has 0 aliphatic carbocycles. The van der Waals surface area contributed by atoms with Crippen LogP contribution in [0.1, 0.15) is 278 Å². The van der Waals surface area contributed by atoms with E-state index in [0.29, 0.717) is 19.3 Å². The number of allylic oxidation sites excluding steroid dienone is 20. The second-order valence-electron chi connectivity index (χ2n) is 23.6. The van der Waals surface area contributed by atoms with Crippen molar-refractivity contribution in [3.05, 3.63) is 122 Å². The van der Waals surface area contributed by atoms with E-state index in [1.54, 1.807) is 0 Å². The van der Waals surface area contributed by atoms with Crippen molar-refractivity contribution in [1.82, 2.24) is 0 Å². The van der Waals surface area contributed by atoms with Crippen LogP contribution in [0.15, 0.2) is 122 Å². The Kier molecular flexibility index (Phi) is 65.0. The van der Waals surface area contributed by atoms with E-state index in [0.717, 1.165) is 161 Å². The third-order valence-corrected chi connectivity index (χ3v) is 16.6. The van der Waals surface area contributed by atoms with Crippen molar-refractivity contribution in [3.63, 3.8) is 0 Å². The molecule has 0 aliphatic rings. The molecule has 0 saturated heterocycles. The van der Waals surface area contributed by atoms with Crippen LogP contribution >= 0.6 is 15.6 Å². The number of unbranched alkanes of at least 4 members (excludes halogenated alkanes) is 24. The second-order valence-corrected chi connectivity index (χ2v) is 26.5. The number of phosphoric acid groups is 2. The predicted octanol–water partition coefficient (Wildman–Crippen LogP) is 20.2. The average Bonchev–Trinajstić information content (AvgIpc) is 2.94. The molecule has 0 saturated carbocycles. The molecule has 0 amide bonds. The fourth-order valence-corrected chi connectivity index (χ4v) is 10.9. The molecule has 0 aliphatic heterocycles. The third-order valence-electron chi connectivity index (χ3n) is 14.7. The van der Waals surface area contributed by atoms with Crippen LogP contribution in [0.4, 0.5) is 0 Å². The molecule has 0 fully saturated rings. The first-order valence-corrected chi connectivity index (χ1v) is 38.8. The summed E-state index contributed by atoms with van der Waals surface area (Å²) in [6.45, 7) is 2.41. The number of aliphatic hydroxyl groups excluding tert-OH is 2. The standard InChI is InChI=1S/C75H128O16P2/c1-4-7-10-13-16-19-22-24-26-28-30-31-32-33-34-35-36-37-39-41-42-44-47-49-52-55-58-61-73(78)85-64-70(76)65-87-92(81,82)88-66-71(77)67-89-93(83,84)90-69-72(91-75(80)63-60-57-54-51-46-21-18-15-12-9-6-3)68-86-74(79)62-59-56-53-50-48-45-43-40-38-29-27-25-23-20-17-14-11-8-5-2/h7-8,10-11,16-17,19-20,24-27,30-31,33-34,36-38,40,70-72,76-77H,4-6,9,12-15,18,21-23,28-29,32,35,39,41-69H2,1-3H3,(H,81,82)(H,83,84)/b10-7-,11-8-,19-16-,20-17-,26-24-,27-25-,31-30-,34-33-,37-36-,40-38-. The van der Waals surface area contributed by atoms with Crippen LogP contribution in [0.3, 0.4) is 0 Å². The molecule has 5 unspecified atom stereocenters. The molecule has 534 valence electrons. The topological polar surface area (TPSA) is 231 Å². The lowest BCUT2D eigenvalue weighted by Crippen LogP contribution is -2.30. The maximum Gasteiger partial charge on any atom is 0.472 e. The molecule has 5 atom stereocenters. The Balaban J connectivity index is 4.51. The summed E-state index contributed by atoms with van der Waals surface area (Å²) < 4.78 is 60.9. The summed E-state index contributed by atoms with van der Waals surface area (Å²) in [6, 6.07) is 0. The molecule has 0 spiro atoms. The minimum absolute atomic E-state index is 0.102. The number of esters is 3. The van der Waals surface area contributed by atoms with Crippen LogP contribution in [0.2, 0.25) is 0 Å². The molecule has 0 aromatic rings. The summed E-state index contributed by atoms with van der Waals surface area (Å²) in [5.74, 6) is -1.60. The van der Waals surface area contributed by atoms with Gasteiger partial charge in [0.15, 0.2) is 6.10 Å². The highest BCUT2D eigenvalue weighted by Gasteiger charge is 2.29. The van der Waals surface area contributed by atoms with Crippen LogP contribution < -0.4 is 0 Å². The Morgan fingerprint density at radius 3 is 0.903 bits per heavy atom. The van der Waals surface area contributed by atoms with Crippen molar-refractivity contribution >= 4 is 33.6 Å². The number of carbonyl (C=O) groups is 3. The third kappa shape index (κ3) is 69.1. The first kappa shape index (κ1) is 89.0. The van der Waals surface area contributed by atoms with Gasteiger partial charge in [-0.25, -0.2) is 9.13 Å². The van der Waals surface area contributed by atoms with E-state index in [1.807, 2.05) is 0 Å². The summed E-state index contributed by atoms with van der Waals surface area (Å²) in [4.78, 5) is 58.4.